The first kappa shape index (κ1) is 19.2. The average Bonchev–Trinajstić information content (AvgIpc) is 2.25. The molecule has 0 aromatic carbocycles. The van der Waals surface area contributed by atoms with E-state index in [0.29, 0.717) is 0 Å². The van der Waals surface area contributed by atoms with Crippen molar-refractivity contribution >= 4 is 0 Å². The van der Waals surface area contributed by atoms with Crippen molar-refractivity contribution in [3.8, 4) is 0 Å². The van der Waals surface area contributed by atoms with Crippen LogP contribution in [0.15, 0.2) is 0 Å². The van der Waals surface area contributed by atoms with E-state index in [-0.39, 0.29) is 0 Å². The largest absolute Gasteiger partial charge is 0.462 e. The molecule has 122 valence electrons. The summed E-state index contributed by atoms with van der Waals surface area (Å²) >= 11 is 0. The maximum Gasteiger partial charge on any atom is 0.462 e. The summed E-state index contributed by atoms with van der Waals surface area (Å²) in [6.45, 7) is -1.89. The Kier molecular flexibility index (Phi) is 5.29. The van der Waals surface area contributed by atoms with Gasteiger partial charge in [-0.2, -0.15) is 39.5 Å². The van der Waals surface area contributed by atoms with Gasteiger partial charge in [-0.3, -0.25) is 4.74 Å². The van der Waals surface area contributed by atoms with Crippen molar-refractivity contribution < 1.29 is 58.9 Å². The molecular formula is C7H6F10O3. The first-order valence-electron chi connectivity index (χ1n) is 4.42. The van der Waals surface area contributed by atoms with Gasteiger partial charge in [-0.1, -0.05) is 0 Å². The molecule has 0 rings (SSSR count). The van der Waals surface area contributed by atoms with Crippen LogP contribution in [-0.2, 0) is 4.74 Å². The topological polar surface area (TPSA) is 49.7 Å². The van der Waals surface area contributed by atoms with Gasteiger partial charge in [0.05, 0.1) is 6.61 Å². The van der Waals surface area contributed by atoms with Crippen LogP contribution in [0.3, 0.4) is 0 Å². The third kappa shape index (κ3) is 3.44. The zero-order valence-electron chi connectivity index (χ0n) is 8.94. The van der Waals surface area contributed by atoms with Gasteiger partial charge in [0.1, 0.15) is 6.10 Å². The molecule has 0 fully saturated rings. The summed E-state index contributed by atoms with van der Waals surface area (Å²) in [6.07, 6.45) is -21.6. The van der Waals surface area contributed by atoms with Crippen LogP contribution in [0.1, 0.15) is 0 Å². The van der Waals surface area contributed by atoms with Crippen LogP contribution in [-0.4, -0.2) is 53.4 Å². The first-order valence-corrected chi connectivity index (χ1v) is 4.42. The van der Waals surface area contributed by atoms with Gasteiger partial charge in [0, 0.05) is 0 Å². The van der Waals surface area contributed by atoms with E-state index in [1.54, 1.807) is 0 Å². The molecule has 0 aliphatic carbocycles. The highest BCUT2D eigenvalue weighted by molar-refractivity contribution is 4.87. The van der Waals surface area contributed by atoms with Gasteiger partial charge >= 0.3 is 24.1 Å². The van der Waals surface area contributed by atoms with Crippen molar-refractivity contribution in [3.63, 3.8) is 0 Å². The summed E-state index contributed by atoms with van der Waals surface area (Å²) in [4.78, 5) is 0. The normalized spacial score (nSPS) is 18.0. The minimum Gasteiger partial charge on any atom is -0.393 e. The van der Waals surface area contributed by atoms with Crippen LogP contribution in [0, 0.1) is 0 Å². The molecule has 2 N–H and O–H groups in total. The lowest BCUT2D eigenvalue weighted by Gasteiger charge is -2.31. The molecule has 0 amide bonds. The molecule has 0 aromatic heterocycles. The zero-order valence-corrected chi connectivity index (χ0v) is 8.94. The second kappa shape index (κ2) is 5.52. The molecule has 0 saturated heterocycles. The maximum absolute atomic E-state index is 12.7. The van der Waals surface area contributed by atoms with Crippen LogP contribution in [0.4, 0.5) is 43.9 Å². The smallest absolute Gasteiger partial charge is 0.393 e. The van der Waals surface area contributed by atoms with Crippen LogP contribution in [0.2, 0.25) is 0 Å². The molecule has 0 bridgehead atoms. The van der Waals surface area contributed by atoms with E-state index in [2.05, 4.69) is 4.74 Å². The molecule has 0 heterocycles. The summed E-state index contributed by atoms with van der Waals surface area (Å²) in [5.41, 5.74) is 0. The maximum atomic E-state index is 12.7. The van der Waals surface area contributed by atoms with Crippen molar-refractivity contribution in [2.24, 2.45) is 0 Å². The molecule has 0 aliphatic heterocycles. The number of aliphatic hydroxyl groups is 2. The quantitative estimate of drug-likeness (QED) is 0.734. The molecule has 13 heteroatoms. The molecule has 3 nitrogen and oxygen atoms in total. The van der Waals surface area contributed by atoms with Crippen molar-refractivity contribution in [3.05, 3.63) is 0 Å². The highest BCUT2D eigenvalue weighted by Gasteiger charge is 2.76. The SMILES string of the molecule is OCC(O)C(F)(F)C(F)OC(F)(F)C(F)(F)C(F)(F)F. The summed E-state index contributed by atoms with van der Waals surface area (Å²) < 4.78 is 124. The second-order valence-corrected chi connectivity index (χ2v) is 3.40. The van der Waals surface area contributed by atoms with Gasteiger partial charge in [-0.05, 0) is 0 Å². The van der Waals surface area contributed by atoms with Crippen molar-refractivity contribution in [1.29, 1.82) is 0 Å². The number of halogens is 10. The third-order valence-electron chi connectivity index (χ3n) is 1.89. The fourth-order valence-corrected chi connectivity index (χ4v) is 0.720. The standard InChI is InChI=1S/C7H6F10O3/c8-3(4(9,10)2(19)1-18)20-7(16,17)5(11,12)6(13,14)15/h2-3,18-19H,1H2. The Morgan fingerprint density at radius 3 is 1.60 bits per heavy atom. The van der Waals surface area contributed by atoms with E-state index < -0.39 is 43.2 Å². The zero-order chi connectivity index (χ0) is 16.6. The van der Waals surface area contributed by atoms with Gasteiger partial charge in [-0.15, -0.1) is 0 Å². The molecule has 20 heavy (non-hydrogen) atoms. The number of alkyl halides is 10. The van der Waals surface area contributed by atoms with E-state index in [1.165, 1.54) is 0 Å². The average molecular weight is 328 g/mol. The molecule has 2 unspecified atom stereocenters. The Hall–Kier alpha value is -0.820. The van der Waals surface area contributed by atoms with Gasteiger partial charge in [0.2, 0.25) is 0 Å². The van der Waals surface area contributed by atoms with E-state index >= 15 is 0 Å². The van der Waals surface area contributed by atoms with Gasteiger partial charge < -0.3 is 10.2 Å². The van der Waals surface area contributed by atoms with E-state index in [1.807, 2.05) is 0 Å². The van der Waals surface area contributed by atoms with Crippen LogP contribution in [0.25, 0.3) is 0 Å². The lowest BCUT2D eigenvalue weighted by Crippen LogP contribution is -2.57. The van der Waals surface area contributed by atoms with Crippen molar-refractivity contribution in [1.82, 2.24) is 0 Å². The van der Waals surface area contributed by atoms with Gasteiger partial charge in [0.15, 0.2) is 0 Å². The highest BCUT2D eigenvalue weighted by Crippen LogP contribution is 2.48. The number of hydrogen-bond acceptors (Lipinski definition) is 3. The molecule has 0 radical (unpaired) electrons. The number of aliphatic hydroxyl groups excluding tert-OH is 2. The van der Waals surface area contributed by atoms with Gasteiger partial charge in [0.25, 0.3) is 6.36 Å². The first-order chi connectivity index (χ1) is 8.61. The summed E-state index contributed by atoms with van der Waals surface area (Å²) in [5.74, 6) is -12.3. The number of hydrogen-bond donors (Lipinski definition) is 2. The molecule has 0 spiro atoms. The highest BCUT2D eigenvalue weighted by atomic mass is 19.4. The predicted octanol–water partition coefficient (Wildman–Crippen LogP) is 2.08. The Morgan fingerprint density at radius 2 is 1.30 bits per heavy atom. The second-order valence-electron chi connectivity index (χ2n) is 3.40. The lowest BCUT2D eigenvalue weighted by atomic mass is 10.2. The summed E-state index contributed by atoms with van der Waals surface area (Å²) in [5, 5.41) is 16.4. The monoisotopic (exact) mass is 328 g/mol. The van der Waals surface area contributed by atoms with Gasteiger partial charge in [-0.25, -0.2) is 4.39 Å². The van der Waals surface area contributed by atoms with E-state index in [9.17, 15) is 43.9 Å². The minimum absolute atomic E-state index is 1.89. The number of ether oxygens (including phenoxy) is 1. The Morgan fingerprint density at radius 1 is 0.900 bits per heavy atom. The summed E-state index contributed by atoms with van der Waals surface area (Å²) in [6, 6.07) is 0. The van der Waals surface area contributed by atoms with Crippen molar-refractivity contribution in [2.75, 3.05) is 6.61 Å². The molecule has 0 saturated carbocycles. The van der Waals surface area contributed by atoms with Crippen LogP contribution < -0.4 is 0 Å². The predicted molar refractivity (Wildman–Crippen MR) is 40.0 cm³/mol. The van der Waals surface area contributed by atoms with Crippen LogP contribution >= 0.6 is 0 Å². The Labute approximate surface area is 103 Å². The Bertz CT molecular complexity index is 327. The van der Waals surface area contributed by atoms with Crippen LogP contribution in [0.5, 0.6) is 0 Å². The molecular weight excluding hydrogens is 322 g/mol. The molecule has 0 aromatic rings. The summed E-state index contributed by atoms with van der Waals surface area (Å²) in [7, 11) is 0. The fraction of sp³-hybridized carbons (Fsp3) is 1.00. The Balaban J connectivity index is 5.21. The minimum atomic E-state index is -6.95. The fourth-order valence-electron chi connectivity index (χ4n) is 0.720. The lowest BCUT2D eigenvalue weighted by molar-refractivity contribution is -0.452. The van der Waals surface area contributed by atoms with E-state index in [0.717, 1.165) is 0 Å². The van der Waals surface area contributed by atoms with Crippen molar-refractivity contribution in [2.45, 2.75) is 36.6 Å². The van der Waals surface area contributed by atoms with E-state index in [4.69, 9.17) is 10.2 Å². The molecule has 0 aliphatic rings. The molecule has 2 atom stereocenters. The third-order valence-corrected chi connectivity index (χ3v) is 1.89. The number of rotatable bonds is 6.